The summed E-state index contributed by atoms with van der Waals surface area (Å²) in [5.41, 5.74) is 3.67. The summed E-state index contributed by atoms with van der Waals surface area (Å²) >= 11 is 14.5. The van der Waals surface area contributed by atoms with Crippen molar-refractivity contribution in [2.75, 3.05) is 26.2 Å². The zero-order valence-electron chi connectivity index (χ0n) is 20.8. The summed E-state index contributed by atoms with van der Waals surface area (Å²) in [6, 6.07) is 14.8. The Balaban J connectivity index is 1.43. The normalized spacial score (nSPS) is 19.1. The molecule has 0 bridgehead atoms. The minimum Gasteiger partial charge on any atom is -0.376 e. The fourth-order valence-electron chi connectivity index (χ4n) is 5.22. The summed E-state index contributed by atoms with van der Waals surface area (Å²) in [5.74, 6) is -0.259. The average Bonchev–Trinajstić information content (AvgIpc) is 3.60. The molecule has 2 unspecified atom stereocenters. The van der Waals surface area contributed by atoms with Gasteiger partial charge >= 0.3 is 0 Å². The molecule has 8 heteroatoms. The highest BCUT2D eigenvalue weighted by Gasteiger charge is 2.36. The molecule has 37 heavy (non-hydrogen) atoms. The van der Waals surface area contributed by atoms with Crippen molar-refractivity contribution in [3.05, 3.63) is 91.1 Å². The first-order valence-corrected chi connectivity index (χ1v) is 14.4. The molecule has 1 aromatic heterocycles. The van der Waals surface area contributed by atoms with Crippen LogP contribution in [0.5, 0.6) is 0 Å². The topological polar surface area (TPSA) is 49.9 Å². The molecule has 1 saturated heterocycles. The van der Waals surface area contributed by atoms with Gasteiger partial charge in [0.05, 0.1) is 12.1 Å². The number of rotatable bonds is 7. The molecule has 2 amide bonds. The minimum atomic E-state index is -0.323. The number of benzene rings is 2. The van der Waals surface area contributed by atoms with Crippen molar-refractivity contribution in [2.45, 2.75) is 44.8 Å². The molecular formula is C29H30Cl2N2O3S. The highest BCUT2D eigenvalue weighted by molar-refractivity contribution is 7.10. The van der Waals surface area contributed by atoms with E-state index in [1.807, 2.05) is 35.2 Å². The maximum absolute atomic E-state index is 13.9. The Hall–Kier alpha value is -2.38. The second-order valence-corrected chi connectivity index (χ2v) is 11.4. The zero-order valence-corrected chi connectivity index (χ0v) is 23.1. The first kappa shape index (κ1) is 26.2. The van der Waals surface area contributed by atoms with Crippen molar-refractivity contribution in [1.82, 2.24) is 9.80 Å². The number of aryl methyl sites for hydroxylation is 1. The molecule has 5 nitrogen and oxygen atoms in total. The van der Waals surface area contributed by atoms with Crippen LogP contribution in [0, 0.1) is 0 Å². The molecule has 2 aliphatic heterocycles. The van der Waals surface area contributed by atoms with E-state index in [1.165, 1.54) is 10.4 Å². The zero-order chi connectivity index (χ0) is 25.9. The van der Waals surface area contributed by atoms with E-state index < -0.39 is 0 Å². The number of halogens is 2. The van der Waals surface area contributed by atoms with Gasteiger partial charge in [-0.3, -0.25) is 9.59 Å². The van der Waals surface area contributed by atoms with Crippen molar-refractivity contribution in [2.24, 2.45) is 0 Å². The quantitative estimate of drug-likeness (QED) is 0.337. The summed E-state index contributed by atoms with van der Waals surface area (Å²) in [7, 11) is 0. The number of amides is 2. The SMILES string of the molecule is CCc1ccc(C(=O)N(CC(=O)N2CCc3sccc3C2c2ccc(Cl)cc2Cl)CC2CCCO2)cc1. The highest BCUT2D eigenvalue weighted by Crippen LogP contribution is 2.41. The molecule has 0 saturated carbocycles. The first-order chi connectivity index (χ1) is 17.9. The van der Waals surface area contributed by atoms with Crippen LogP contribution in [0.25, 0.3) is 0 Å². The summed E-state index contributed by atoms with van der Waals surface area (Å²) < 4.78 is 5.84. The maximum atomic E-state index is 13.9. The van der Waals surface area contributed by atoms with Gasteiger partial charge in [-0.25, -0.2) is 0 Å². The van der Waals surface area contributed by atoms with E-state index in [-0.39, 0.29) is 30.5 Å². The van der Waals surface area contributed by atoms with Gasteiger partial charge in [0.1, 0.15) is 6.54 Å². The van der Waals surface area contributed by atoms with Crippen LogP contribution in [0.1, 0.15) is 57.7 Å². The summed E-state index contributed by atoms with van der Waals surface area (Å²) in [6.45, 7) is 3.71. The summed E-state index contributed by atoms with van der Waals surface area (Å²) in [6.07, 6.45) is 3.48. The van der Waals surface area contributed by atoms with E-state index in [4.69, 9.17) is 27.9 Å². The lowest BCUT2D eigenvalue weighted by atomic mass is 9.93. The summed E-state index contributed by atoms with van der Waals surface area (Å²) in [5, 5.41) is 3.14. The Morgan fingerprint density at radius 2 is 1.92 bits per heavy atom. The van der Waals surface area contributed by atoms with Crippen LogP contribution in [-0.2, 0) is 22.4 Å². The lowest BCUT2D eigenvalue weighted by molar-refractivity contribution is -0.134. The van der Waals surface area contributed by atoms with E-state index >= 15 is 0 Å². The van der Waals surface area contributed by atoms with Gasteiger partial charge in [0.25, 0.3) is 5.91 Å². The maximum Gasteiger partial charge on any atom is 0.254 e. The molecular weight excluding hydrogens is 527 g/mol. The van der Waals surface area contributed by atoms with Gasteiger partial charge in [0.2, 0.25) is 5.91 Å². The second kappa shape index (κ2) is 11.6. The van der Waals surface area contributed by atoms with Gasteiger partial charge in [-0.2, -0.15) is 0 Å². The Morgan fingerprint density at radius 1 is 1.11 bits per heavy atom. The average molecular weight is 558 g/mol. The van der Waals surface area contributed by atoms with Crippen molar-refractivity contribution < 1.29 is 14.3 Å². The number of fused-ring (bicyclic) bond motifs is 1. The smallest absolute Gasteiger partial charge is 0.254 e. The van der Waals surface area contributed by atoms with Gasteiger partial charge in [-0.1, -0.05) is 48.3 Å². The number of nitrogens with zero attached hydrogens (tertiary/aromatic N) is 2. The number of carbonyl (C=O) groups is 2. The Morgan fingerprint density at radius 3 is 2.62 bits per heavy atom. The van der Waals surface area contributed by atoms with E-state index in [1.54, 1.807) is 28.4 Å². The monoisotopic (exact) mass is 556 g/mol. The van der Waals surface area contributed by atoms with Crippen LogP contribution in [0.2, 0.25) is 10.0 Å². The van der Waals surface area contributed by atoms with Gasteiger partial charge in [0, 0.05) is 40.2 Å². The number of thiophene rings is 1. The number of hydrogen-bond acceptors (Lipinski definition) is 4. The van der Waals surface area contributed by atoms with Gasteiger partial charge in [-0.05, 0) is 78.1 Å². The van der Waals surface area contributed by atoms with Crippen molar-refractivity contribution in [1.29, 1.82) is 0 Å². The minimum absolute atomic E-state index is 0.0185. The lowest BCUT2D eigenvalue weighted by Gasteiger charge is -2.38. The molecule has 1 fully saturated rings. The predicted molar refractivity (Wildman–Crippen MR) is 149 cm³/mol. The standard InChI is InChI=1S/C29H30Cl2N2O3S/c1-2-19-5-7-20(8-6-19)29(35)32(17-22-4-3-14-36-22)18-27(34)33-13-11-26-24(12-15-37-26)28(33)23-10-9-21(30)16-25(23)31/h5-10,12,15-16,22,28H,2-4,11,13-14,17-18H2,1H3. The fraction of sp³-hybridized carbons (Fsp3) is 0.379. The number of carbonyl (C=O) groups excluding carboxylic acids is 2. The molecule has 3 heterocycles. The number of ether oxygens (including phenoxy) is 1. The van der Waals surface area contributed by atoms with Crippen LogP contribution in [0.15, 0.2) is 53.9 Å². The predicted octanol–water partition coefficient (Wildman–Crippen LogP) is 6.41. The molecule has 194 valence electrons. The van der Waals surface area contributed by atoms with Gasteiger partial charge < -0.3 is 14.5 Å². The highest BCUT2D eigenvalue weighted by atomic mass is 35.5. The summed E-state index contributed by atoms with van der Waals surface area (Å²) in [4.78, 5) is 32.3. The molecule has 0 radical (unpaired) electrons. The van der Waals surface area contributed by atoms with Crippen molar-refractivity contribution in [3.8, 4) is 0 Å². The molecule has 3 aromatic rings. The molecule has 2 aliphatic rings. The third-order valence-electron chi connectivity index (χ3n) is 7.21. The largest absolute Gasteiger partial charge is 0.376 e. The first-order valence-electron chi connectivity index (χ1n) is 12.7. The van der Waals surface area contributed by atoms with Crippen LogP contribution < -0.4 is 0 Å². The van der Waals surface area contributed by atoms with Crippen LogP contribution in [0.4, 0.5) is 0 Å². The molecule has 5 rings (SSSR count). The van der Waals surface area contributed by atoms with E-state index in [2.05, 4.69) is 18.4 Å². The number of hydrogen-bond donors (Lipinski definition) is 0. The lowest BCUT2D eigenvalue weighted by Crippen LogP contribution is -2.48. The van der Waals surface area contributed by atoms with Crippen LogP contribution >= 0.6 is 34.5 Å². The van der Waals surface area contributed by atoms with Crippen molar-refractivity contribution >= 4 is 46.4 Å². The molecule has 0 N–H and O–H groups in total. The molecule has 2 atom stereocenters. The van der Waals surface area contributed by atoms with Crippen molar-refractivity contribution in [3.63, 3.8) is 0 Å². The molecule has 0 aliphatic carbocycles. The Bertz CT molecular complexity index is 1270. The molecule has 0 spiro atoms. The molecule has 2 aromatic carbocycles. The van der Waals surface area contributed by atoms with Crippen LogP contribution in [-0.4, -0.2) is 54.0 Å². The Kier molecular flexibility index (Phi) is 8.20. The third-order valence-corrected chi connectivity index (χ3v) is 8.77. The Labute approximate surface area is 231 Å². The van der Waals surface area contributed by atoms with Gasteiger partial charge in [-0.15, -0.1) is 11.3 Å². The van der Waals surface area contributed by atoms with E-state index in [0.717, 1.165) is 36.8 Å². The fourth-order valence-corrected chi connectivity index (χ4v) is 6.63. The van der Waals surface area contributed by atoms with E-state index in [9.17, 15) is 9.59 Å². The second-order valence-electron chi connectivity index (χ2n) is 9.58. The van der Waals surface area contributed by atoms with E-state index in [0.29, 0.717) is 35.3 Å². The van der Waals surface area contributed by atoms with Crippen LogP contribution in [0.3, 0.4) is 0 Å². The third kappa shape index (κ3) is 5.73. The van der Waals surface area contributed by atoms with Gasteiger partial charge in [0.15, 0.2) is 0 Å².